The lowest BCUT2D eigenvalue weighted by molar-refractivity contribution is 0.0712. The van der Waals surface area contributed by atoms with Crippen LogP contribution in [0, 0.1) is 6.92 Å². The molecule has 5 rings (SSSR count). The number of benzene rings is 2. The van der Waals surface area contributed by atoms with E-state index in [1.54, 1.807) is 36.2 Å². The van der Waals surface area contributed by atoms with E-state index in [0.29, 0.717) is 13.1 Å². The molecule has 0 bridgehead atoms. The number of imidazole rings is 1. The van der Waals surface area contributed by atoms with Crippen LogP contribution in [-0.4, -0.2) is 59.1 Å². The lowest BCUT2D eigenvalue weighted by Gasteiger charge is -2.31. The van der Waals surface area contributed by atoms with Crippen molar-refractivity contribution in [2.24, 2.45) is 7.05 Å². The van der Waals surface area contributed by atoms with Crippen LogP contribution < -0.4 is 4.31 Å². The van der Waals surface area contributed by atoms with Crippen molar-refractivity contribution in [1.82, 2.24) is 24.6 Å². The third-order valence-corrected chi connectivity index (χ3v) is 8.45. The van der Waals surface area contributed by atoms with E-state index in [-0.39, 0.29) is 28.1 Å². The van der Waals surface area contributed by atoms with Gasteiger partial charge in [0.1, 0.15) is 11.4 Å². The predicted molar refractivity (Wildman–Crippen MR) is 134 cm³/mol. The first-order valence-electron chi connectivity index (χ1n) is 11.6. The van der Waals surface area contributed by atoms with Crippen molar-refractivity contribution in [2.45, 2.75) is 30.6 Å². The highest BCUT2D eigenvalue weighted by Gasteiger charge is 2.32. The van der Waals surface area contributed by atoms with Crippen LogP contribution in [0.1, 0.15) is 40.5 Å². The molecule has 9 nitrogen and oxygen atoms in total. The average molecular weight is 493 g/mol. The Labute approximate surface area is 204 Å². The molecule has 1 fully saturated rings. The van der Waals surface area contributed by atoms with Crippen molar-refractivity contribution >= 4 is 32.8 Å². The lowest BCUT2D eigenvalue weighted by Crippen LogP contribution is -2.39. The maximum absolute atomic E-state index is 13.5. The fourth-order valence-corrected chi connectivity index (χ4v) is 5.87. The van der Waals surface area contributed by atoms with Gasteiger partial charge < -0.3 is 9.88 Å². The van der Waals surface area contributed by atoms with Crippen molar-refractivity contribution in [3.8, 4) is 0 Å². The number of carbonyl (C=O) groups excluding carboxylic acids is 1. The van der Waals surface area contributed by atoms with Crippen molar-refractivity contribution in [2.75, 3.05) is 24.4 Å². The number of carbonyl (C=O) groups is 1. The van der Waals surface area contributed by atoms with Gasteiger partial charge in [-0.3, -0.25) is 13.8 Å². The molecule has 35 heavy (non-hydrogen) atoms. The summed E-state index contributed by atoms with van der Waals surface area (Å²) in [5.74, 6) is 1.21. The Balaban J connectivity index is 1.34. The molecular formula is C25H28N6O3S. The number of para-hydroxylation sites is 2. The van der Waals surface area contributed by atoms with Crippen LogP contribution in [0.25, 0.3) is 11.0 Å². The number of aryl methyl sites for hydroxylation is 2. The van der Waals surface area contributed by atoms with Gasteiger partial charge in [-0.15, -0.1) is 0 Å². The van der Waals surface area contributed by atoms with Crippen LogP contribution >= 0.6 is 0 Å². The molecule has 0 spiro atoms. The van der Waals surface area contributed by atoms with Crippen LogP contribution in [0.5, 0.6) is 0 Å². The van der Waals surface area contributed by atoms with E-state index in [1.807, 2.05) is 31.2 Å². The maximum Gasteiger partial charge on any atom is 0.265 e. The zero-order valence-corrected chi connectivity index (χ0v) is 20.8. The first kappa shape index (κ1) is 23.1. The minimum atomic E-state index is -3.86. The number of fused-ring (bicyclic) bond motifs is 1. The molecule has 2 aromatic carbocycles. The van der Waals surface area contributed by atoms with Crippen molar-refractivity contribution in [1.29, 1.82) is 0 Å². The van der Waals surface area contributed by atoms with Gasteiger partial charge in [0.15, 0.2) is 5.82 Å². The van der Waals surface area contributed by atoms with E-state index in [9.17, 15) is 13.2 Å². The molecule has 1 N–H and O–H groups in total. The molecule has 2 aromatic heterocycles. The molecule has 1 amide bonds. The van der Waals surface area contributed by atoms with Gasteiger partial charge in [-0.1, -0.05) is 29.8 Å². The van der Waals surface area contributed by atoms with E-state index < -0.39 is 10.0 Å². The summed E-state index contributed by atoms with van der Waals surface area (Å²) in [6, 6.07) is 14.6. The van der Waals surface area contributed by atoms with E-state index >= 15 is 0 Å². The van der Waals surface area contributed by atoms with E-state index in [0.717, 1.165) is 39.6 Å². The summed E-state index contributed by atoms with van der Waals surface area (Å²) in [4.78, 5) is 23.5. The molecule has 0 radical (unpaired) electrons. The van der Waals surface area contributed by atoms with Crippen LogP contribution in [-0.2, 0) is 17.1 Å². The number of aromatic nitrogens is 4. The lowest BCUT2D eigenvalue weighted by atomic mass is 9.96. The normalized spacial score (nSPS) is 15.0. The number of hydrogen-bond donors (Lipinski definition) is 1. The second kappa shape index (κ2) is 8.84. The summed E-state index contributed by atoms with van der Waals surface area (Å²) >= 11 is 0. The first-order chi connectivity index (χ1) is 16.8. The first-order valence-corrected chi connectivity index (χ1v) is 13.0. The minimum Gasteiger partial charge on any atom is -0.342 e. The zero-order chi connectivity index (χ0) is 24.7. The van der Waals surface area contributed by atoms with Gasteiger partial charge in [-0.25, -0.2) is 13.4 Å². The summed E-state index contributed by atoms with van der Waals surface area (Å²) in [5, 5.41) is 4.21. The number of nitrogens with one attached hydrogen (secondary N) is 1. The van der Waals surface area contributed by atoms with Gasteiger partial charge in [-0.05, 0) is 44.0 Å². The number of hydrogen-bond acceptors (Lipinski definition) is 5. The number of H-pyrrole nitrogens is 1. The molecule has 3 heterocycles. The topological polar surface area (TPSA) is 104 Å². The SMILES string of the molecule is Cc1ccc(S(=O)(=O)N(C)c2c(C(=O)N3CCC(c4nc5ccccc5[nH]4)CC3)cnn2C)cc1. The van der Waals surface area contributed by atoms with Gasteiger partial charge in [-0.2, -0.15) is 5.10 Å². The molecule has 10 heteroatoms. The molecule has 0 unspecified atom stereocenters. The molecule has 182 valence electrons. The molecular weight excluding hydrogens is 464 g/mol. The number of sulfonamides is 1. The van der Waals surface area contributed by atoms with Crippen molar-refractivity contribution in [3.05, 3.63) is 71.7 Å². The quantitative estimate of drug-likeness (QED) is 0.460. The third-order valence-electron chi connectivity index (χ3n) is 6.69. The zero-order valence-electron chi connectivity index (χ0n) is 20.0. The number of nitrogens with zero attached hydrogens (tertiary/aromatic N) is 5. The predicted octanol–water partition coefficient (Wildman–Crippen LogP) is 3.45. The summed E-state index contributed by atoms with van der Waals surface area (Å²) in [6.07, 6.45) is 3.00. The fraction of sp³-hybridized carbons (Fsp3) is 0.320. The van der Waals surface area contributed by atoms with Crippen LogP contribution in [0.4, 0.5) is 5.82 Å². The van der Waals surface area contributed by atoms with E-state index in [1.165, 1.54) is 17.9 Å². The molecule has 0 saturated carbocycles. The standard InChI is InChI=1S/C25H28N6O3S/c1-17-8-10-19(11-9-17)35(33,34)30(3)24-20(16-26-29(24)2)25(32)31-14-12-18(13-15-31)23-27-21-6-4-5-7-22(21)28-23/h4-11,16,18H,12-15H2,1-3H3,(H,27,28). The second-order valence-corrected chi connectivity index (χ2v) is 11.0. The van der Waals surface area contributed by atoms with Crippen LogP contribution in [0.2, 0.25) is 0 Å². The van der Waals surface area contributed by atoms with Gasteiger partial charge >= 0.3 is 0 Å². The Morgan fingerprint density at radius 2 is 1.77 bits per heavy atom. The number of aromatic amines is 1. The molecule has 1 saturated heterocycles. The van der Waals surface area contributed by atoms with Crippen LogP contribution in [0.15, 0.2) is 59.6 Å². The number of piperidine rings is 1. The third kappa shape index (κ3) is 4.18. The number of amides is 1. The van der Waals surface area contributed by atoms with E-state index in [4.69, 9.17) is 4.98 Å². The van der Waals surface area contributed by atoms with Crippen molar-refractivity contribution in [3.63, 3.8) is 0 Å². The maximum atomic E-state index is 13.5. The van der Waals surface area contributed by atoms with Crippen LogP contribution in [0.3, 0.4) is 0 Å². The largest absolute Gasteiger partial charge is 0.342 e. The number of rotatable bonds is 5. The molecule has 0 atom stereocenters. The fourth-order valence-electron chi connectivity index (χ4n) is 4.63. The highest BCUT2D eigenvalue weighted by molar-refractivity contribution is 7.92. The highest BCUT2D eigenvalue weighted by Crippen LogP contribution is 2.31. The Bertz CT molecular complexity index is 1450. The van der Waals surface area contributed by atoms with E-state index in [2.05, 4.69) is 10.1 Å². The molecule has 1 aliphatic rings. The van der Waals surface area contributed by atoms with Crippen molar-refractivity contribution < 1.29 is 13.2 Å². The smallest absolute Gasteiger partial charge is 0.265 e. The highest BCUT2D eigenvalue weighted by atomic mass is 32.2. The minimum absolute atomic E-state index is 0.164. The molecule has 0 aliphatic carbocycles. The summed E-state index contributed by atoms with van der Waals surface area (Å²) in [7, 11) is -0.761. The Kier molecular flexibility index (Phi) is 5.84. The average Bonchev–Trinajstić information content (AvgIpc) is 3.47. The Hall–Kier alpha value is -3.66. The summed E-state index contributed by atoms with van der Waals surface area (Å²) in [6.45, 7) is 3.02. The summed E-state index contributed by atoms with van der Waals surface area (Å²) < 4.78 is 29.1. The summed E-state index contributed by atoms with van der Waals surface area (Å²) in [5.41, 5.74) is 3.19. The number of likely N-dealkylation sites (tertiary alicyclic amines) is 1. The molecule has 1 aliphatic heterocycles. The monoisotopic (exact) mass is 492 g/mol. The second-order valence-electron chi connectivity index (χ2n) is 9.00. The molecule has 4 aromatic rings. The Morgan fingerprint density at radius 3 is 2.46 bits per heavy atom. The van der Waals surface area contributed by atoms with Gasteiger partial charge in [0.2, 0.25) is 0 Å². The van der Waals surface area contributed by atoms with Gasteiger partial charge in [0.25, 0.3) is 15.9 Å². The van der Waals surface area contributed by atoms with Gasteiger partial charge in [0, 0.05) is 33.1 Å². The number of anilines is 1. The van der Waals surface area contributed by atoms with Gasteiger partial charge in [0.05, 0.1) is 22.1 Å². The Morgan fingerprint density at radius 1 is 1.09 bits per heavy atom.